The zero-order valence-corrected chi connectivity index (χ0v) is 14.2. The van der Waals surface area contributed by atoms with Crippen LogP contribution in [0.1, 0.15) is 5.56 Å². The van der Waals surface area contributed by atoms with Crippen LogP contribution in [0.25, 0.3) is 0 Å². The number of hydrogen-bond donors (Lipinski definition) is 3. The molecule has 0 radical (unpaired) electrons. The van der Waals surface area contributed by atoms with E-state index in [1.54, 1.807) is 36.4 Å². The number of benzene rings is 2. The van der Waals surface area contributed by atoms with Crippen molar-refractivity contribution >= 4 is 39.6 Å². The molecule has 0 aliphatic rings. The Morgan fingerprint density at radius 3 is 2.71 bits per heavy atom. The highest BCUT2D eigenvalue weighted by Gasteiger charge is 2.14. The van der Waals surface area contributed by atoms with Crippen LogP contribution in [0.5, 0.6) is 11.5 Å². The maximum atomic E-state index is 11.8. The molecule has 2 aromatic carbocycles. The maximum absolute atomic E-state index is 11.8. The van der Waals surface area contributed by atoms with E-state index >= 15 is 0 Å². The number of nitrogens with one attached hydrogen (secondary N) is 2. The SMILES string of the molecule is COc1ccccc1NC(=O)C(=O)N/N=C/c1cc(Br)ccc1O. The Kier molecular flexibility index (Phi) is 5.91. The number of para-hydroxylation sites is 2. The van der Waals surface area contributed by atoms with Crippen LogP contribution < -0.4 is 15.5 Å². The van der Waals surface area contributed by atoms with E-state index in [4.69, 9.17) is 4.74 Å². The van der Waals surface area contributed by atoms with E-state index in [-0.39, 0.29) is 5.75 Å². The average molecular weight is 392 g/mol. The van der Waals surface area contributed by atoms with Crippen LogP contribution in [-0.2, 0) is 9.59 Å². The van der Waals surface area contributed by atoms with Crippen molar-refractivity contribution in [2.45, 2.75) is 0 Å². The van der Waals surface area contributed by atoms with Gasteiger partial charge in [0.25, 0.3) is 0 Å². The van der Waals surface area contributed by atoms with Gasteiger partial charge < -0.3 is 15.2 Å². The lowest BCUT2D eigenvalue weighted by molar-refractivity contribution is -0.136. The summed E-state index contributed by atoms with van der Waals surface area (Å²) < 4.78 is 5.82. The number of hydrazone groups is 1. The standard InChI is InChI=1S/C16H14BrN3O4/c1-24-14-5-3-2-4-12(14)19-15(22)16(23)20-18-9-10-8-11(17)6-7-13(10)21/h2-9,21H,1H3,(H,19,22)(H,20,23)/b18-9+. The average Bonchev–Trinajstić information content (AvgIpc) is 2.58. The van der Waals surface area contributed by atoms with Crippen molar-refractivity contribution in [1.29, 1.82) is 0 Å². The molecule has 0 aliphatic heterocycles. The quantitative estimate of drug-likeness (QED) is 0.422. The fourth-order valence-corrected chi connectivity index (χ4v) is 2.15. The van der Waals surface area contributed by atoms with Crippen LogP contribution in [-0.4, -0.2) is 30.2 Å². The normalized spacial score (nSPS) is 10.4. The van der Waals surface area contributed by atoms with Gasteiger partial charge in [-0.25, -0.2) is 5.43 Å². The van der Waals surface area contributed by atoms with E-state index in [1.165, 1.54) is 19.4 Å². The molecule has 0 aromatic heterocycles. The van der Waals surface area contributed by atoms with Crippen molar-refractivity contribution in [3.8, 4) is 11.5 Å². The first-order valence-electron chi connectivity index (χ1n) is 6.77. The monoisotopic (exact) mass is 391 g/mol. The highest BCUT2D eigenvalue weighted by Crippen LogP contribution is 2.22. The highest BCUT2D eigenvalue weighted by atomic mass is 79.9. The fourth-order valence-electron chi connectivity index (χ4n) is 1.77. The maximum Gasteiger partial charge on any atom is 0.329 e. The number of hydrogen-bond acceptors (Lipinski definition) is 5. The zero-order valence-electron chi connectivity index (χ0n) is 12.6. The summed E-state index contributed by atoms with van der Waals surface area (Å²) in [4.78, 5) is 23.6. The molecule has 2 aromatic rings. The van der Waals surface area contributed by atoms with E-state index in [1.807, 2.05) is 0 Å². The first-order valence-corrected chi connectivity index (χ1v) is 7.56. The molecule has 3 N–H and O–H groups in total. The Balaban J connectivity index is 1.98. The van der Waals surface area contributed by atoms with Gasteiger partial charge in [-0.2, -0.15) is 5.10 Å². The number of carbonyl (C=O) groups excluding carboxylic acids is 2. The second-order valence-electron chi connectivity index (χ2n) is 4.56. The van der Waals surface area contributed by atoms with Crippen molar-refractivity contribution in [2.75, 3.05) is 12.4 Å². The number of anilines is 1. The van der Waals surface area contributed by atoms with Gasteiger partial charge in [0.05, 0.1) is 19.0 Å². The summed E-state index contributed by atoms with van der Waals surface area (Å²) >= 11 is 3.25. The highest BCUT2D eigenvalue weighted by molar-refractivity contribution is 9.10. The lowest BCUT2D eigenvalue weighted by Gasteiger charge is -2.08. The number of amides is 2. The van der Waals surface area contributed by atoms with Crippen LogP contribution in [0.3, 0.4) is 0 Å². The van der Waals surface area contributed by atoms with Crippen LogP contribution in [0.15, 0.2) is 52.0 Å². The minimum absolute atomic E-state index is 0.00493. The van der Waals surface area contributed by atoms with Crippen molar-refractivity contribution in [2.24, 2.45) is 5.10 Å². The van der Waals surface area contributed by atoms with E-state index in [0.29, 0.717) is 17.0 Å². The molecule has 8 heteroatoms. The van der Waals surface area contributed by atoms with E-state index < -0.39 is 11.8 Å². The number of phenols is 1. The van der Waals surface area contributed by atoms with E-state index in [2.05, 4.69) is 31.8 Å². The first kappa shape index (κ1) is 17.5. The molecule has 0 spiro atoms. The summed E-state index contributed by atoms with van der Waals surface area (Å²) in [5.41, 5.74) is 2.84. The minimum atomic E-state index is -0.952. The number of aromatic hydroxyl groups is 1. The lowest BCUT2D eigenvalue weighted by Crippen LogP contribution is -2.32. The molecule has 0 atom stereocenters. The summed E-state index contributed by atoms with van der Waals surface area (Å²) in [6.45, 7) is 0. The van der Waals surface area contributed by atoms with Crippen LogP contribution >= 0.6 is 15.9 Å². The Labute approximate surface area is 146 Å². The summed E-state index contributed by atoms with van der Waals surface area (Å²) in [7, 11) is 1.46. The van der Waals surface area contributed by atoms with Crippen LogP contribution in [0, 0.1) is 0 Å². The number of phenolic OH excluding ortho intramolecular Hbond substituents is 1. The predicted molar refractivity (Wildman–Crippen MR) is 93.2 cm³/mol. The fraction of sp³-hybridized carbons (Fsp3) is 0.0625. The Hall–Kier alpha value is -2.87. The number of rotatable bonds is 4. The third kappa shape index (κ3) is 4.56. The number of carbonyl (C=O) groups is 2. The Morgan fingerprint density at radius 2 is 1.96 bits per heavy atom. The van der Waals surface area contributed by atoms with Gasteiger partial charge in [-0.15, -0.1) is 0 Å². The molecule has 0 unspecified atom stereocenters. The second-order valence-corrected chi connectivity index (χ2v) is 5.47. The van der Waals surface area contributed by atoms with Gasteiger partial charge in [-0.05, 0) is 30.3 Å². The molecular formula is C16H14BrN3O4. The van der Waals surface area contributed by atoms with Gasteiger partial charge in [-0.1, -0.05) is 28.1 Å². The molecule has 0 bridgehead atoms. The van der Waals surface area contributed by atoms with E-state index in [0.717, 1.165) is 4.47 Å². The third-order valence-electron chi connectivity index (χ3n) is 2.92. The van der Waals surface area contributed by atoms with Gasteiger partial charge in [0.15, 0.2) is 0 Å². The van der Waals surface area contributed by atoms with Gasteiger partial charge in [-0.3, -0.25) is 9.59 Å². The van der Waals surface area contributed by atoms with Gasteiger partial charge >= 0.3 is 11.8 Å². The summed E-state index contributed by atoms with van der Waals surface area (Å²) in [5.74, 6) is -1.42. The number of nitrogens with zero attached hydrogens (tertiary/aromatic N) is 1. The molecule has 0 aliphatic carbocycles. The third-order valence-corrected chi connectivity index (χ3v) is 3.41. The van der Waals surface area contributed by atoms with Gasteiger partial charge in [0.1, 0.15) is 11.5 Å². The molecule has 0 heterocycles. The van der Waals surface area contributed by atoms with Crippen molar-refractivity contribution in [1.82, 2.24) is 5.43 Å². The molecule has 0 saturated carbocycles. The first-order chi connectivity index (χ1) is 11.5. The molecule has 2 rings (SSSR count). The van der Waals surface area contributed by atoms with Gasteiger partial charge in [0, 0.05) is 10.0 Å². The largest absolute Gasteiger partial charge is 0.507 e. The second kappa shape index (κ2) is 8.11. The molecule has 2 amide bonds. The summed E-state index contributed by atoms with van der Waals surface area (Å²) in [5, 5.41) is 15.7. The molecular weight excluding hydrogens is 378 g/mol. The minimum Gasteiger partial charge on any atom is -0.507 e. The number of halogens is 1. The Morgan fingerprint density at radius 1 is 1.21 bits per heavy atom. The molecule has 24 heavy (non-hydrogen) atoms. The smallest absolute Gasteiger partial charge is 0.329 e. The predicted octanol–water partition coefficient (Wildman–Crippen LogP) is 2.25. The number of ether oxygens (including phenoxy) is 1. The zero-order chi connectivity index (χ0) is 17.5. The summed E-state index contributed by atoms with van der Waals surface area (Å²) in [6.07, 6.45) is 1.23. The molecule has 0 saturated heterocycles. The van der Waals surface area contributed by atoms with Crippen LogP contribution in [0.2, 0.25) is 0 Å². The van der Waals surface area contributed by atoms with Gasteiger partial charge in [0.2, 0.25) is 0 Å². The van der Waals surface area contributed by atoms with Crippen molar-refractivity contribution in [3.05, 3.63) is 52.5 Å². The lowest BCUT2D eigenvalue weighted by atomic mass is 10.2. The molecule has 7 nitrogen and oxygen atoms in total. The number of methoxy groups -OCH3 is 1. The molecule has 0 fully saturated rings. The summed E-state index contributed by atoms with van der Waals surface area (Å²) in [6, 6.07) is 11.4. The van der Waals surface area contributed by atoms with E-state index in [9.17, 15) is 14.7 Å². The molecule has 124 valence electrons. The van der Waals surface area contributed by atoms with Crippen molar-refractivity contribution in [3.63, 3.8) is 0 Å². The van der Waals surface area contributed by atoms with Crippen LogP contribution in [0.4, 0.5) is 5.69 Å². The topological polar surface area (TPSA) is 100 Å². The Bertz CT molecular complexity index is 793. The van der Waals surface area contributed by atoms with Crippen molar-refractivity contribution < 1.29 is 19.4 Å².